The molecule has 6 nitrogen and oxygen atoms in total. The van der Waals surface area contributed by atoms with Gasteiger partial charge in [0.25, 0.3) is 5.91 Å². The van der Waals surface area contributed by atoms with Gasteiger partial charge in [-0.1, -0.05) is 41.7 Å². The lowest BCUT2D eigenvalue weighted by molar-refractivity contribution is -0.141. The molecule has 1 heterocycles. The first kappa shape index (κ1) is 18.9. The number of rotatable bonds is 4. The van der Waals surface area contributed by atoms with Crippen molar-refractivity contribution in [2.45, 2.75) is 6.54 Å². The highest BCUT2D eigenvalue weighted by Crippen LogP contribution is 2.27. The number of benzene rings is 3. The van der Waals surface area contributed by atoms with E-state index in [0.717, 1.165) is 21.0 Å². The lowest BCUT2D eigenvalue weighted by Crippen LogP contribution is -2.22. The minimum Gasteiger partial charge on any atom is -0.497 e. The molecule has 4 aromatic rings. The summed E-state index contributed by atoms with van der Waals surface area (Å²) < 4.78 is 12.7. The summed E-state index contributed by atoms with van der Waals surface area (Å²) in [5, 5.41) is 2.13. The Hall–Kier alpha value is -3.45. The number of esters is 1. The van der Waals surface area contributed by atoms with E-state index in [1.54, 1.807) is 35.9 Å². The molecule has 0 aliphatic heterocycles. The summed E-state index contributed by atoms with van der Waals surface area (Å²) in [5.74, 6) is -0.131. The first-order valence-electron chi connectivity index (χ1n) is 8.91. The van der Waals surface area contributed by atoms with Gasteiger partial charge in [0.2, 0.25) is 0 Å². The van der Waals surface area contributed by atoms with Crippen molar-refractivity contribution >= 4 is 44.2 Å². The van der Waals surface area contributed by atoms with Crippen LogP contribution in [0.5, 0.6) is 5.75 Å². The molecule has 146 valence electrons. The Morgan fingerprint density at radius 1 is 1.00 bits per heavy atom. The third kappa shape index (κ3) is 3.64. The van der Waals surface area contributed by atoms with E-state index in [0.29, 0.717) is 16.1 Å². The lowest BCUT2D eigenvalue weighted by atomic mass is 10.1. The van der Waals surface area contributed by atoms with Gasteiger partial charge in [-0.25, -0.2) is 0 Å². The monoisotopic (exact) mass is 406 g/mol. The van der Waals surface area contributed by atoms with Gasteiger partial charge in [0.15, 0.2) is 4.80 Å². The molecule has 0 spiro atoms. The van der Waals surface area contributed by atoms with Gasteiger partial charge in [-0.2, -0.15) is 4.99 Å². The van der Waals surface area contributed by atoms with Gasteiger partial charge in [-0.3, -0.25) is 9.59 Å². The molecule has 0 unspecified atom stereocenters. The topological polar surface area (TPSA) is 69.9 Å². The van der Waals surface area contributed by atoms with E-state index in [9.17, 15) is 9.59 Å². The average molecular weight is 406 g/mol. The summed E-state index contributed by atoms with van der Waals surface area (Å²) >= 11 is 1.38. The first-order chi connectivity index (χ1) is 14.1. The van der Waals surface area contributed by atoms with Crippen LogP contribution >= 0.6 is 11.3 Å². The van der Waals surface area contributed by atoms with Crippen molar-refractivity contribution in [3.05, 3.63) is 71.0 Å². The molecule has 0 N–H and O–H groups in total. The minimum absolute atomic E-state index is 0.0242. The standard InChI is InChI=1S/C22H18N2O4S/c1-27-16-10-7-15(8-11-16)21(26)23-22-24(13-19(25)28-2)18-12-9-14-5-3-4-6-17(14)20(18)29-22/h3-12H,13H2,1-2H3. The van der Waals surface area contributed by atoms with Crippen LogP contribution < -0.4 is 9.54 Å². The lowest BCUT2D eigenvalue weighted by Gasteiger charge is -2.05. The van der Waals surface area contributed by atoms with E-state index in [4.69, 9.17) is 9.47 Å². The Kier molecular flexibility index (Phi) is 5.14. The van der Waals surface area contributed by atoms with Crippen LogP contribution in [0, 0.1) is 0 Å². The maximum atomic E-state index is 12.7. The van der Waals surface area contributed by atoms with E-state index in [-0.39, 0.29) is 12.5 Å². The number of hydrogen-bond acceptors (Lipinski definition) is 5. The van der Waals surface area contributed by atoms with Gasteiger partial charge in [-0.15, -0.1) is 0 Å². The van der Waals surface area contributed by atoms with E-state index in [1.165, 1.54) is 18.4 Å². The Balaban J connectivity index is 1.89. The van der Waals surface area contributed by atoms with Crippen molar-refractivity contribution in [2.75, 3.05) is 14.2 Å². The SMILES string of the molecule is COC(=O)Cn1c(=NC(=O)c2ccc(OC)cc2)sc2c3ccccc3ccc21. The number of ether oxygens (including phenoxy) is 2. The van der Waals surface area contributed by atoms with E-state index < -0.39 is 5.97 Å². The molecule has 0 radical (unpaired) electrons. The summed E-state index contributed by atoms with van der Waals surface area (Å²) in [7, 11) is 2.91. The summed E-state index contributed by atoms with van der Waals surface area (Å²) in [4.78, 5) is 29.5. The van der Waals surface area contributed by atoms with Crippen LogP contribution in [0.1, 0.15) is 10.4 Å². The molecule has 3 aromatic carbocycles. The highest BCUT2D eigenvalue weighted by molar-refractivity contribution is 7.17. The average Bonchev–Trinajstić information content (AvgIpc) is 3.11. The predicted molar refractivity (Wildman–Crippen MR) is 112 cm³/mol. The number of aromatic nitrogens is 1. The molecule has 0 aliphatic carbocycles. The second-order valence-corrected chi connectivity index (χ2v) is 7.30. The quantitative estimate of drug-likeness (QED) is 0.484. The van der Waals surface area contributed by atoms with Crippen molar-refractivity contribution in [1.29, 1.82) is 0 Å². The van der Waals surface area contributed by atoms with Crippen LogP contribution in [0.4, 0.5) is 0 Å². The van der Waals surface area contributed by atoms with E-state index in [1.807, 2.05) is 36.4 Å². The Morgan fingerprint density at radius 3 is 2.48 bits per heavy atom. The molecule has 0 saturated heterocycles. The Bertz CT molecular complexity index is 1290. The second kappa shape index (κ2) is 7.89. The molecule has 0 aliphatic rings. The fraction of sp³-hybridized carbons (Fsp3) is 0.136. The maximum absolute atomic E-state index is 12.7. The molecule has 7 heteroatoms. The summed E-state index contributed by atoms with van der Waals surface area (Å²) in [6.07, 6.45) is 0. The fourth-order valence-electron chi connectivity index (χ4n) is 3.12. The van der Waals surface area contributed by atoms with Crippen LogP contribution in [-0.4, -0.2) is 30.7 Å². The van der Waals surface area contributed by atoms with Gasteiger partial charge < -0.3 is 14.0 Å². The number of amides is 1. The van der Waals surface area contributed by atoms with Crippen molar-refractivity contribution in [3.8, 4) is 5.75 Å². The Labute approximate surface area is 170 Å². The fourth-order valence-corrected chi connectivity index (χ4v) is 4.28. The summed E-state index contributed by atoms with van der Waals surface area (Å²) in [6.45, 7) is -0.0242. The number of carbonyl (C=O) groups excluding carboxylic acids is 2. The Morgan fingerprint density at radius 2 is 1.76 bits per heavy atom. The number of thiazole rings is 1. The zero-order valence-corrected chi connectivity index (χ0v) is 16.7. The van der Waals surface area contributed by atoms with Crippen molar-refractivity contribution in [3.63, 3.8) is 0 Å². The van der Waals surface area contributed by atoms with E-state index in [2.05, 4.69) is 4.99 Å². The maximum Gasteiger partial charge on any atom is 0.325 e. The minimum atomic E-state index is -0.406. The van der Waals surface area contributed by atoms with Crippen LogP contribution in [0.25, 0.3) is 21.0 Å². The predicted octanol–water partition coefficient (Wildman–Crippen LogP) is 3.78. The highest BCUT2D eigenvalue weighted by atomic mass is 32.1. The zero-order valence-electron chi connectivity index (χ0n) is 15.9. The van der Waals surface area contributed by atoms with Crippen molar-refractivity contribution in [2.24, 2.45) is 4.99 Å². The van der Waals surface area contributed by atoms with Crippen LogP contribution in [-0.2, 0) is 16.1 Å². The molecular formula is C22H18N2O4S. The third-order valence-electron chi connectivity index (χ3n) is 4.62. The van der Waals surface area contributed by atoms with Crippen LogP contribution in [0.15, 0.2) is 65.7 Å². The molecule has 0 fully saturated rings. The third-order valence-corrected chi connectivity index (χ3v) is 5.75. The number of methoxy groups -OCH3 is 2. The van der Waals surface area contributed by atoms with Crippen LogP contribution in [0.3, 0.4) is 0 Å². The zero-order chi connectivity index (χ0) is 20.4. The molecular weight excluding hydrogens is 388 g/mol. The number of nitrogens with zero attached hydrogens (tertiary/aromatic N) is 2. The largest absolute Gasteiger partial charge is 0.497 e. The molecule has 1 aromatic heterocycles. The van der Waals surface area contributed by atoms with Crippen LogP contribution in [0.2, 0.25) is 0 Å². The molecule has 4 rings (SSSR count). The van der Waals surface area contributed by atoms with Gasteiger partial charge in [0.1, 0.15) is 12.3 Å². The van der Waals surface area contributed by atoms with Gasteiger partial charge in [-0.05, 0) is 35.7 Å². The highest BCUT2D eigenvalue weighted by Gasteiger charge is 2.14. The van der Waals surface area contributed by atoms with Crippen molar-refractivity contribution < 1.29 is 19.1 Å². The smallest absolute Gasteiger partial charge is 0.325 e. The van der Waals surface area contributed by atoms with Crippen molar-refractivity contribution in [1.82, 2.24) is 4.57 Å². The molecule has 29 heavy (non-hydrogen) atoms. The number of carbonyl (C=O) groups is 2. The van der Waals surface area contributed by atoms with Gasteiger partial charge in [0, 0.05) is 10.9 Å². The second-order valence-electron chi connectivity index (χ2n) is 6.33. The molecule has 1 amide bonds. The normalized spacial score (nSPS) is 11.7. The number of fused-ring (bicyclic) bond motifs is 3. The van der Waals surface area contributed by atoms with Gasteiger partial charge >= 0.3 is 5.97 Å². The molecule has 0 bridgehead atoms. The molecule has 0 saturated carbocycles. The van der Waals surface area contributed by atoms with E-state index >= 15 is 0 Å². The summed E-state index contributed by atoms with van der Waals surface area (Å²) in [6, 6.07) is 18.7. The molecule has 0 atom stereocenters. The van der Waals surface area contributed by atoms with Gasteiger partial charge in [0.05, 0.1) is 24.4 Å². The summed E-state index contributed by atoms with van der Waals surface area (Å²) in [5.41, 5.74) is 1.28. The number of hydrogen-bond donors (Lipinski definition) is 0. The first-order valence-corrected chi connectivity index (χ1v) is 9.73.